The van der Waals surface area contributed by atoms with Crippen LogP contribution < -0.4 is 10.1 Å². The van der Waals surface area contributed by atoms with Crippen molar-refractivity contribution in [2.75, 3.05) is 25.5 Å². The lowest BCUT2D eigenvalue weighted by Crippen LogP contribution is -2.32. The predicted molar refractivity (Wildman–Crippen MR) is 111 cm³/mol. The lowest BCUT2D eigenvalue weighted by atomic mass is 10.1. The first-order chi connectivity index (χ1) is 13.7. The molecular weight excluding hydrogens is 395 g/mol. The molecule has 0 spiro atoms. The lowest BCUT2D eigenvalue weighted by Gasteiger charge is -2.21. The Morgan fingerprint density at radius 2 is 1.76 bits per heavy atom. The van der Waals surface area contributed by atoms with Crippen molar-refractivity contribution in [3.8, 4) is 5.75 Å². The molecule has 6 nitrogen and oxygen atoms in total. The van der Waals surface area contributed by atoms with Crippen LogP contribution in [0.4, 0.5) is 10.1 Å². The number of amides is 1. The molecule has 0 heterocycles. The van der Waals surface area contributed by atoms with Crippen LogP contribution in [-0.2, 0) is 10.0 Å². The number of anilines is 1. The number of nitrogens with zero attached hydrogens (tertiary/aromatic N) is 1. The fourth-order valence-electron chi connectivity index (χ4n) is 2.95. The summed E-state index contributed by atoms with van der Waals surface area (Å²) in [5.41, 5.74) is 0.916. The van der Waals surface area contributed by atoms with Crippen LogP contribution in [0.15, 0.2) is 41.3 Å². The van der Waals surface area contributed by atoms with E-state index in [9.17, 15) is 17.6 Å². The molecule has 0 saturated carbocycles. The van der Waals surface area contributed by atoms with E-state index in [0.717, 1.165) is 17.7 Å². The first-order valence-electron chi connectivity index (χ1n) is 9.50. The second-order valence-corrected chi connectivity index (χ2v) is 8.64. The van der Waals surface area contributed by atoms with Gasteiger partial charge in [-0.25, -0.2) is 12.8 Å². The molecule has 2 aromatic rings. The second-order valence-electron chi connectivity index (χ2n) is 6.70. The summed E-state index contributed by atoms with van der Waals surface area (Å²) in [6.07, 6.45) is 1.31. The Kier molecular flexibility index (Phi) is 7.75. The average molecular weight is 423 g/mol. The molecule has 0 atom stereocenters. The van der Waals surface area contributed by atoms with Crippen molar-refractivity contribution in [2.45, 2.75) is 38.5 Å². The molecule has 29 heavy (non-hydrogen) atoms. The van der Waals surface area contributed by atoms with Gasteiger partial charge in [0.2, 0.25) is 10.0 Å². The van der Waals surface area contributed by atoms with Gasteiger partial charge in [-0.05, 0) is 55.7 Å². The molecule has 0 bridgehead atoms. The average Bonchev–Trinajstić information content (AvgIpc) is 2.68. The maximum absolute atomic E-state index is 14.4. The largest absolute Gasteiger partial charge is 0.495 e. The number of hydrogen-bond donors (Lipinski definition) is 1. The summed E-state index contributed by atoms with van der Waals surface area (Å²) < 4.78 is 46.8. The number of ether oxygens (including phenoxy) is 1. The van der Waals surface area contributed by atoms with Gasteiger partial charge in [0, 0.05) is 13.1 Å². The van der Waals surface area contributed by atoms with E-state index < -0.39 is 21.7 Å². The van der Waals surface area contributed by atoms with Crippen molar-refractivity contribution >= 4 is 21.6 Å². The molecule has 0 saturated heterocycles. The monoisotopic (exact) mass is 422 g/mol. The van der Waals surface area contributed by atoms with E-state index in [2.05, 4.69) is 5.32 Å². The van der Waals surface area contributed by atoms with Crippen LogP contribution in [0.1, 0.15) is 42.6 Å². The third kappa shape index (κ3) is 5.33. The second kappa shape index (κ2) is 9.84. The molecule has 1 N–H and O–H groups in total. The molecule has 2 aromatic carbocycles. The molecule has 1 amide bonds. The third-order valence-electron chi connectivity index (χ3n) is 4.37. The van der Waals surface area contributed by atoms with Gasteiger partial charge in [0.1, 0.15) is 11.6 Å². The smallest absolute Gasteiger partial charge is 0.258 e. The number of sulfonamides is 1. The van der Waals surface area contributed by atoms with Crippen molar-refractivity contribution in [3.05, 3.63) is 53.3 Å². The number of hydrogen-bond acceptors (Lipinski definition) is 4. The van der Waals surface area contributed by atoms with Crippen LogP contribution in [0.3, 0.4) is 0 Å². The molecule has 0 unspecified atom stereocenters. The number of carbonyl (C=O) groups excluding carboxylic acids is 1. The summed E-state index contributed by atoms with van der Waals surface area (Å²) in [4.78, 5) is 12.6. The van der Waals surface area contributed by atoms with Gasteiger partial charge in [-0.3, -0.25) is 4.79 Å². The molecule has 0 aromatic heterocycles. The summed E-state index contributed by atoms with van der Waals surface area (Å²) in [5, 5.41) is 2.61. The summed E-state index contributed by atoms with van der Waals surface area (Å²) in [7, 11) is -2.37. The fourth-order valence-corrected chi connectivity index (χ4v) is 4.60. The molecule has 0 fully saturated rings. The minimum absolute atomic E-state index is 0.109. The van der Waals surface area contributed by atoms with Gasteiger partial charge in [-0.15, -0.1) is 0 Å². The van der Waals surface area contributed by atoms with Crippen LogP contribution in [0.2, 0.25) is 0 Å². The first kappa shape index (κ1) is 22.8. The molecule has 0 aliphatic rings. The Morgan fingerprint density at radius 3 is 2.34 bits per heavy atom. The van der Waals surface area contributed by atoms with E-state index >= 15 is 0 Å². The van der Waals surface area contributed by atoms with Crippen molar-refractivity contribution in [1.29, 1.82) is 0 Å². The Hall–Kier alpha value is -2.45. The summed E-state index contributed by atoms with van der Waals surface area (Å²) in [5.74, 6) is -1.13. The normalized spacial score (nSPS) is 11.5. The number of halogens is 1. The van der Waals surface area contributed by atoms with Gasteiger partial charge in [-0.1, -0.05) is 19.9 Å². The topological polar surface area (TPSA) is 75.7 Å². The highest BCUT2D eigenvalue weighted by Gasteiger charge is 2.25. The SMILES string of the molecule is CCCN(CCC)S(=O)(=O)c1ccc(F)c(C(=O)Nc2cc(C)ccc2OC)c1. The highest BCUT2D eigenvalue weighted by molar-refractivity contribution is 7.89. The molecule has 158 valence electrons. The minimum Gasteiger partial charge on any atom is -0.495 e. The van der Waals surface area contributed by atoms with Crippen molar-refractivity contribution in [2.24, 2.45) is 0 Å². The standard InChI is InChI=1S/C21H27FN2O4S/c1-5-11-24(12-6-2)29(26,27)16-8-9-18(22)17(14-16)21(25)23-19-13-15(3)7-10-20(19)28-4/h7-10,13-14H,5-6,11-12H2,1-4H3,(H,23,25). The molecule has 0 radical (unpaired) electrons. The zero-order chi connectivity index (χ0) is 21.6. The van der Waals surface area contributed by atoms with Crippen molar-refractivity contribution in [3.63, 3.8) is 0 Å². The van der Waals surface area contributed by atoms with E-state index in [1.165, 1.54) is 17.5 Å². The van der Waals surface area contributed by atoms with Crippen molar-refractivity contribution in [1.82, 2.24) is 4.31 Å². The molecular formula is C21H27FN2O4S. The van der Waals surface area contributed by atoms with Gasteiger partial charge in [0.15, 0.2) is 0 Å². The van der Waals surface area contributed by atoms with Gasteiger partial charge in [0.05, 0.1) is 23.3 Å². The van der Waals surface area contributed by atoms with Crippen LogP contribution in [0.5, 0.6) is 5.75 Å². The number of rotatable bonds is 9. The van der Waals surface area contributed by atoms with E-state index in [4.69, 9.17) is 4.74 Å². The molecule has 0 aliphatic carbocycles. The Labute approximate surface area is 171 Å². The number of nitrogens with one attached hydrogen (secondary N) is 1. The van der Waals surface area contributed by atoms with E-state index in [-0.39, 0.29) is 10.5 Å². The number of carbonyl (C=O) groups is 1. The summed E-state index contributed by atoms with van der Waals surface area (Å²) in [6, 6.07) is 8.48. The molecule has 0 aliphatic heterocycles. The Bertz CT molecular complexity index is 971. The molecule has 8 heteroatoms. The van der Waals surface area contributed by atoms with Crippen LogP contribution in [-0.4, -0.2) is 38.8 Å². The third-order valence-corrected chi connectivity index (χ3v) is 6.26. The number of aryl methyl sites for hydroxylation is 1. The number of methoxy groups -OCH3 is 1. The van der Waals surface area contributed by atoms with Gasteiger partial charge < -0.3 is 10.1 Å². The van der Waals surface area contributed by atoms with E-state index in [0.29, 0.717) is 37.4 Å². The Balaban J connectivity index is 2.40. The van der Waals surface area contributed by atoms with E-state index in [1.807, 2.05) is 26.8 Å². The van der Waals surface area contributed by atoms with Crippen LogP contribution in [0, 0.1) is 12.7 Å². The molecule has 2 rings (SSSR count). The maximum Gasteiger partial charge on any atom is 0.258 e. The summed E-state index contributed by atoms with van der Waals surface area (Å²) in [6.45, 7) is 6.33. The van der Waals surface area contributed by atoms with Gasteiger partial charge in [-0.2, -0.15) is 4.31 Å². The zero-order valence-corrected chi connectivity index (χ0v) is 18.0. The van der Waals surface area contributed by atoms with Crippen molar-refractivity contribution < 1.29 is 22.3 Å². The summed E-state index contributed by atoms with van der Waals surface area (Å²) >= 11 is 0. The van der Waals surface area contributed by atoms with Crippen LogP contribution in [0.25, 0.3) is 0 Å². The lowest BCUT2D eigenvalue weighted by molar-refractivity contribution is 0.102. The van der Waals surface area contributed by atoms with Gasteiger partial charge in [0.25, 0.3) is 5.91 Å². The van der Waals surface area contributed by atoms with Crippen LogP contribution >= 0.6 is 0 Å². The van der Waals surface area contributed by atoms with E-state index in [1.54, 1.807) is 12.1 Å². The highest BCUT2D eigenvalue weighted by atomic mass is 32.2. The zero-order valence-electron chi connectivity index (χ0n) is 17.2. The first-order valence-corrected chi connectivity index (χ1v) is 10.9. The maximum atomic E-state index is 14.4. The fraction of sp³-hybridized carbons (Fsp3) is 0.381. The predicted octanol–water partition coefficient (Wildman–Crippen LogP) is 4.21. The minimum atomic E-state index is -3.83. The quantitative estimate of drug-likeness (QED) is 0.657. The Morgan fingerprint density at radius 1 is 1.10 bits per heavy atom. The van der Waals surface area contributed by atoms with Gasteiger partial charge >= 0.3 is 0 Å². The highest BCUT2D eigenvalue weighted by Crippen LogP contribution is 2.27. The number of benzene rings is 2.